The number of fused-ring (bicyclic) bond motifs is 1. The van der Waals surface area contributed by atoms with E-state index >= 15 is 4.39 Å². The van der Waals surface area contributed by atoms with Gasteiger partial charge >= 0.3 is 24.8 Å². The smallest absolute Gasteiger partial charge is 1.00 e. The van der Waals surface area contributed by atoms with Gasteiger partial charge in [-0.1, -0.05) is 0 Å². The number of amides is 2. The maximum atomic E-state index is 15.1. The van der Waals surface area contributed by atoms with E-state index in [4.69, 9.17) is 19.3 Å². The Morgan fingerprint density at radius 3 is 2.16 bits per heavy atom. The summed E-state index contributed by atoms with van der Waals surface area (Å²) < 4.78 is 45.0. The average molecular weight is 585 g/mol. The number of rotatable bonds is 11. The van der Waals surface area contributed by atoms with Crippen LogP contribution in [0, 0.1) is 17.0 Å². The molecule has 5 rings (SSSR count). The predicted octanol–water partition coefficient (Wildman–Crippen LogP) is 2.64. The molecule has 2 amide bonds. The van der Waals surface area contributed by atoms with Gasteiger partial charge in [-0.25, -0.2) is 13.6 Å². The van der Waals surface area contributed by atoms with Crippen LogP contribution in [0.3, 0.4) is 0 Å². The minimum absolute atomic E-state index is 0. The van der Waals surface area contributed by atoms with Crippen molar-refractivity contribution in [2.24, 2.45) is 5.41 Å². The van der Waals surface area contributed by atoms with Gasteiger partial charge in [0, 0.05) is 35.1 Å². The topological polar surface area (TPSA) is 136 Å². The zero-order valence-corrected chi connectivity index (χ0v) is 23.3. The van der Waals surface area contributed by atoms with Gasteiger partial charge in [0.2, 0.25) is 11.8 Å². The number of aromatic nitrogens is 1. The van der Waals surface area contributed by atoms with E-state index in [0.29, 0.717) is 29.4 Å². The Kier molecular flexibility index (Phi) is 9.53. The van der Waals surface area contributed by atoms with Crippen LogP contribution in [0.4, 0.5) is 20.2 Å². The summed E-state index contributed by atoms with van der Waals surface area (Å²) in [6, 6.07) is 13.6. The molecule has 0 radical (unpaired) electrons. The monoisotopic (exact) mass is 585 g/mol. The Hall–Kier alpha value is -4.66. The van der Waals surface area contributed by atoms with E-state index in [1.807, 2.05) is 0 Å². The summed E-state index contributed by atoms with van der Waals surface area (Å²) in [6.07, 6.45) is 2.08. The van der Waals surface area contributed by atoms with Crippen molar-refractivity contribution in [1.29, 1.82) is 0 Å². The van der Waals surface area contributed by atoms with Crippen LogP contribution in [-0.4, -0.2) is 41.1 Å². The molecule has 1 saturated carbocycles. The second-order valence-electron chi connectivity index (χ2n) is 9.49. The molecule has 1 aromatic heterocycles. The third-order valence-electron chi connectivity index (χ3n) is 6.55. The first-order chi connectivity index (χ1) is 20.2. The Labute approximate surface area is 258 Å². The third kappa shape index (κ3) is 7.05. The number of aliphatic carboxylic acids is 1. The van der Waals surface area contributed by atoms with Crippen molar-refractivity contribution in [3.05, 3.63) is 78.5 Å². The zero-order valence-electron chi connectivity index (χ0n) is 24.3. The fraction of sp³-hybridized carbons (Fsp3) is 0.200. The molecule has 13 heteroatoms. The number of halogens is 2. The molecule has 43 heavy (non-hydrogen) atoms. The molecule has 1 aliphatic rings. The summed E-state index contributed by atoms with van der Waals surface area (Å²) in [5, 5.41) is 14.6. The second kappa shape index (κ2) is 13.1. The van der Waals surface area contributed by atoms with Gasteiger partial charge in [0.15, 0.2) is 29.7 Å². The number of hydrogen-bond donors (Lipinski definition) is 3. The molecule has 3 N–H and O–H groups in total. The molecule has 10 nitrogen and oxygen atoms in total. The number of benzene rings is 3. The molecule has 1 fully saturated rings. The fourth-order valence-electron chi connectivity index (χ4n) is 4.23. The molecule has 3 aromatic carbocycles. The van der Waals surface area contributed by atoms with Gasteiger partial charge in [-0.3, -0.25) is 14.6 Å². The number of ether oxygens (including phenoxy) is 3. The fourth-order valence-corrected chi connectivity index (χ4v) is 4.23. The van der Waals surface area contributed by atoms with Crippen LogP contribution < -0.4 is 43.7 Å². The number of nitrogens with zero attached hydrogens (tertiary/aromatic N) is 1. The number of anilines is 2. The van der Waals surface area contributed by atoms with E-state index in [9.17, 15) is 18.8 Å². The quantitative estimate of drug-likeness (QED) is 0.181. The number of carbonyl (C=O) groups excluding carboxylic acids is 2. The van der Waals surface area contributed by atoms with Gasteiger partial charge in [0.25, 0.3) is 0 Å². The van der Waals surface area contributed by atoms with E-state index in [0.717, 1.165) is 6.07 Å². The normalized spacial score (nSPS) is 12.9. The average Bonchev–Trinajstić information content (AvgIpc) is 3.77. The number of pyridine rings is 1. The molecule has 0 unspecified atom stereocenters. The van der Waals surface area contributed by atoms with Crippen molar-refractivity contribution >= 4 is 40.1 Å². The first-order valence-corrected chi connectivity index (χ1v) is 12.9. The number of hydrogen-bond acceptors (Lipinski definition) is 7. The molecule has 1 aliphatic carbocycles. The van der Waals surface area contributed by atoms with Crippen LogP contribution in [0.2, 0.25) is 0 Å². The van der Waals surface area contributed by atoms with Gasteiger partial charge in [-0.15, -0.1) is 0 Å². The van der Waals surface area contributed by atoms with Crippen LogP contribution in [0.25, 0.3) is 10.9 Å². The first-order valence-electron chi connectivity index (χ1n) is 12.9. The maximum absolute atomic E-state index is 15.1. The predicted molar refractivity (Wildman–Crippen MR) is 149 cm³/mol. The zero-order chi connectivity index (χ0) is 29.9. The molecule has 218 valence electrons. The third-order valence-corrected chi connectivity index (χ3v) is 6.55. The number of carboxylic acids is 1. The summed E-state index contributed by atoms with van der Waals surface area (Å²) in [7, 11) is 0. The van der Waals surface area contributed by atoms with Gasteiger partial charge in [0.05, 0.1) is 12.1 Å². The summed E-state index contributed by atoms with van der Waals surface area (Å²) in [5.74, 6) is -2.94. The minimum Gasteiger partial charge on any atom is -1.00 e. The Bertz CT molecular complexity index is 1690. The summed E-state index contributed by atoms with van der Waals surface area (Å²) >= 11 is 0. The maximum Gasteiger partial charge on any atom is 1.00 e. The van der Waals surface area contributed by atoms with Crippen molar-refractivity contribution in [2.75, 3.05) is 23.8 Å². The summed E-state index contributed by atoms with van der Waals surface area (Å²) in [6.45, 7) is 1.46. The van der Waals surface area contributed by atoms with E-state index in [2.05, 4.69) is 15.6 Å². The largest absolute Gasteiger partial charge is 1.00 e. The standard InChI is InChI=1S/C30H25F2N3O7.Li.H/c1-2-40-25-14-20-22(15-26(25)41-16-27(36)37)33-12-9-23(20)42-24-8-7-19(13-21(24)32)35-29(39)30(10-11-30)28(38)34-18-5-3-17(31)4-6-18;;/h3-9,12-15H,2,10-11,16H2,1H3,(H,34,38)(H,35,39)(H,36,37);;/q;+1;-1. The SMILES string of the molecule is CCOc1cc2c(Oc3ccc(NC(=O)C4(C(=O)Nc5ccc(F)cc5)CC4)cc3F)ccnc2cc1OCC(=O)O.[H-].[Li+]. The molecule has 4 aromatic rings. The van der Waals surface area contributed by atoms with Crippen molar-refractivity contribution < 1.29 is 62.8 Å². The molecular weight excluding hydrogens is 559 g/mol. The van der Waals surface area contributed by atoms with Crippen LogP contribution >= 0.6 is 0 Å². The number of carbonyl (C=O) groups is 3. The van der Waals surface area contributed by atoms with Gasteiger partial charge < -0.3 is 31.4 Å². The molecular formula is C30H26F2LiN3O7. The second-order valence-corrected chi connectivity index (χ2v) is 9.49. The summed E-state index contributed by atoms with van der Waals surface area (Å²) in [4.78, 5) is 41.0. The Morgan fingerprint density at radius 1 is 0.884 bits per heavy atom. The number of carboxylic acid groups (broad SMARTS) is 1. The van der Waals surface area contributed by atoms with Crippen LogP contribution in [-0.2, 0) is 14.4 Å². The Morgan fingerprint density at radius 2 is 1.53 bits per heavy atom. The van der Waals surface area contributed by atoms with E-state index in [1.165, 1.54) is 54.7 Å². The van der Waals surface area contributed by atoms with Gasteiger partial charge in [0.1, 0.15) is 17.0 Å². The van der Waals surface area contributed by atoms with E-state index < -0.39 is 41.4 Å². The molecule has 1 heterocycles. The molecule has 0 saturated heterocycles. The van der Waals surface area contributed by atoms with Crippen LogP contribution in [0.15, 0.2) is 66.9 Å². The van der Waals surface area contributed by atoms with Crippen LogP contribution in [0.5, 0.6) is 23.0 Å². The minimum atomic E-state index is -1.30. The first kappa shape index (κ1) is 31.3. The molecule has 0 atom stereocenters. The molecule has 0 bridgehead atoms. The molecule has 0 aliphatic heterocycles. The van der Waals surface area contributed by atoms with Crippen molar-refractivity contribution in [2.45, 2.75) is 19.8 Å². The Balaban J connectivity index is 0.00000264. The van der Waals surface area contributed by atoms with E-state index in [-0.39, 0.29) is 55.6 Å². The van der Waals surface area contributed by atoms with Crippen molar-refractivity contribution in [3.8, 4) is 23.0 Å². The molecule has 0 spiro atoms. The summed E-state index contributed by atoms with van der Waals surface area (Å²) in [5.41, 5.74) is -0.422. The number of nitrogens with one attached hydrogen (secondary N) is 2. The van der Waals surface area contributed by atoms with E-state index in [1.54, 1.807) is 13.0 Å². The van der Waals surface area contributed by atoms with Crippen molar-refractivity contribution in [3.63, 3.8) is 0 Å². The van der Waals surface area contributed by atoms with Crippen LogP contribution in [0.1, 0.15) is 21.2 Å². The van der Waals surface area contributed by atoms with Gasteiger partial charge in [-0.05, 0) is 68.3 Å². The van der Waals surface area contributed by atoms with Crippen molar-refractivity contribution in [1.82, 2.24) is 4.98 Å². The van der Waals surface area contributed by atoms with Gasteiger partial charge in [-0.2, -0.15) is 0 Å².